The summed E-state index contributed by atoms with van der Waals surface area (Å²) in [5, 5.41) is 11.4. The normalized spacial score (nSPS) is 18.2. The van der Waals surface area contributed by atoms with Crippen LogP contribution in [0.2, 0.25) is 0 Å². The molecule has 1 atom stereocenters. The molecule has 0 aromatic carbocycles. The summed E-state index contributed by atoms with van der Waals surface area (Å²) in [5.41, 5.74) is 0.649. The zero-order valence-corrected chi connectivity index (χ0v) is 15.5. The van der Waals surface area contributed by atoms with Crippen LogP contribution in [-0.2, 0) is 4.79 Å². The van der Waals surface area contributed by atoms with Gasteiger partial charge in [-0.2, -0.15) is 0 Å². The van der Waals surface area contributed by atoms with Crippen molar-refractivity contribution in [3.63, 3.8) is 0 Å². The maximum Gasteiger partial charge on any atom is 0.250 e. The van der Waals surface area contributed by atoms with E-state index in [4.69, 9.17) is 0 Å². The van der Waals surface area contributed by atoms with Gasteiger partial charge in [-0.25, -0.2) is 4.98 Å². The summed E-state index contributed by atoms with van der Waals surface area (Å²) in [7, 11) is 0. The zero-order valence-electron chi connectivity index (χ0n) is 13.9. The monoisotopic (exact) mass is 380 g/mol. The predicted molar refractivity (Wildman–Crippen MR) is 98.2 cm³/mol. The van der Waals surface area contributed by atoms with Gasteiger partial charge in [0.2, 0.25) is 11.0 Å². The Morgan fingerprint density at radius 2 is 2.40 bits per heavy atom. The van der Waals surface area contributed by atoms with Gasteiger partial charge in [0, 0.05) is 18.5 Å². The van der Waals surface area contributed by atoms with Gasteiger partial charge in [-0.15, -0.1) is 10.2 Å². The van der Waals surface area contributed by atoms with Gasteiger partial charge >= 0.3 is 0 Å². The Kier molecular flexibility index (Phi) is 6.16. The summed E-state index contributed by atoms with van der Waals surface area (Å²) in [5.74, 6) is 1.01. The van der Waals surface area contributed by atoms with Crippen molar-refractivity contribution >= 4 is 34.1 Å². The molecule has 1 saturated heterocycles. The van der Waals surface area contributed by atoms with Crippen molar-refractivity contribution in [1.29, 1.82) is 0 Å². The van der Waals surface area contributed by atoms with Gasteiger partial charge in [0.25, 0.3) is 5.56 Å². The van der Waals surface area contributed by atoms with Gasteiger partial charge in [-0.05, 0) is 25.1 Å². The first kappa shape index (κ1) is 18.0. The first-order chi connectivity index (χ1) is 12.1. The molecule has 25 heavy (non-hydrogen) atoms. The number of piperidine rings is 1. The maximum atomic E-state index is 12.3. The lowest BCUT2D eigenvalue weighted by molar-refractivity contribution is -0.117. The first-order valence-electron chi connectivity index (χ1n) is 8.17. The van der Waals surface area contributed by atoms with E-state index in [2.05, 4.69) is 30.4 Å². The van der Waals surface area contributed by atoms with Crippen molar-refractivity contribution in [1.82, 2.24) is 25.1 Å². The number of aromatic nitrogens is 4. The summed E-state index contributed by atoms with van der Waals surface area (Å²) < 4.78 is 0.858. The minimum atomic E-state index is -0.142. The number of aromatic amines is 1. The van der Waals surface area contributed by atoms with Crippen LogP contribution >= 0.6 is 23.1 Å². The number of likely N-dealkylation sites (tertiary alicyclic amines) is 1. The fourth-order valence-corrected chi connectivity index (χ4v) is 4.52. The lowest BCUT2D eigenvalue weighted by Crippen LogP contribution is -2.40. The molecular formula is C15H20N6O2S2. The van der Waals surface area contributed by atoms with Crippen LogP contribution in [0.25, 0.3) is 0 Å². The van der Waals surface area contributed by atoms with Crippen LogP contribution in [0.4, 0.5) is 5.13 Å². The number of amides is 1. The molecule has 0 radical (unpaired) electrons. The standard InChI is InChI=1S/C15H20N6O2S2/c1-2-24-15-20-19-14(25-15)18-13(23)8-21-5-3-4-10(7-21)11-6-12(22)17-9-16-11/h6,9-10H,2-5,7-8H2,1H3,(H,16,17,22)(H,18,19,23)/t10-/m1/s1. The number of rotatable bonds is 6. The zero-order chi connectivity index (χ0) is 17.6. The van der Waals surface area contributed by atoms with Crippen molar-refractivity contribution in [2.45, 2.75) is 30.0 Å². The summed E-state index contributed by atoms with van der Waals surface area (Å²) in [6.07, 6.45) is 3.38. The number of thioether (sulfide) groups is 1. The number of carbonyl (C=O) groups is 1. The third kappa shape index (κ3) is 5.10. The van der Waals surface area contributed by atoms with E-state index in [0.29, 0.717) is 11.7 Å². The summed E-state index contributed by atoms with van der Waals surface area (Å²) >= 11 is 2.99. The molecule has 3 heterocycles. The van der Waals surface area contributed by atoms with Crippen molar-refractivity contribution in [2.24, 2.45) is 0 Å². The molecule has 2 aromatic heterocycles. The van der Waals surface area contributed by atoms with Gasteiger partial charge in [0.15, 0.2) is 4.34 Å². The molecule has 1 amide bonds. The van der Waals surface area contributed by atoms with Gasteiger partial charge in [-0.1, -0.05) is 30.0 Å². The molecule has 1 fully saturated rings. The highest BCUT2D eigenvalue weighted by molar-refractivity contribution is 8.01. The van der Waals surface area contributed by atoms with Crippen molar-refractivity contribution in [3.8, 4) is 0 Å². The number of carbonyl (C=O) groups excluding carboxylic acids is 1. The minimum Gasteiger partial charge on any atom is -0.313 e. The molecule has 0 unspecified atom stereocenters. The Labute approximate surface area is 153 Å². The Morgan fingerprint density at radius 3 is 3.20 bits per heavy atom. The minimum absolute atomic E-state index is 0.0938. The number of hydrogen-bond acceptors (Lipinski definition) is 8. The maximum absolute atomic E-state index is 12.3. The highest BCUT2D eigenvalue weighted by Gasteiger charge is 2.24. The average molecular weight is 380 g/mol. The van der Waals surface area contributed by atoms with Crippen LogP contribution in [0.5, 0.6) is 0 Å². The van der Waals surface area contributed by atoms with E-state index in [0.717, 1.165) is 41.7 Å². The summed E-state index contributed by atoms with van der Waals surface area (Å²) in [6.45, 7) is 3.93. The SMILES string of the molecule is CCSc1nnc(NC(=O)CN2CCC[C@@H](c3cc(=O)[nH]cn3)C2)s1. The number of nitrogens with one attached hydrogen (secondary N) is 2. The lowest BCUT2D eigenvalue weighted by atomic mass is 9.94. The Hall–Kier alpha value is -1.78. The molecule has 0 bridgehead atoms. The van der Waals surface area contributed by atoms with E-state index in [-0.39, 0.29) is 17.4 Å². The number of anilines is 1. The molecule has 0 aliphatic carbocycles. The first-order valence-corrected chi connectivity index (χ1v) is 9.97. The third-order valence-electron chi connectivity index (χ3n) is 3.91. The molecule has 2 N–H and O–H groups in total. The van der Waals surface area contributed by atoms with Crippen LogP contribution in [0.1, 0.15) is 31.4 Å². The van der Waals surface area contributed by atoms with E-state index in [9.17, 15) is 9.59 Å². The van der Waals surface area contributed by atoms with E-state index in [1.165, 1.54) is 17.7 Å². The fraction of sp³-hybridized carbons (Fsp3) is 0.533. The topological polar surface area (TPSA) is 104 Å². The third-order valence-corrected chi connectivity index (χ3v) is 5.77. The second-order valence-corrected chi connectivity index (χ2v) is 8.25. The molecule has 1 aliphatic rings. The van der Waals surface area contributed by atoms with Gasteiger partial charge in [-0.3, -0.25) is 19.8 Å². The number of hydrogen-bond donors (Lipinski definition) is 2. The molecule has 2 aromatic rings. The van der Waals surface area contributed by atoms with Crippen LogP contribution in [0.3, 0.4) is 0 Å². The predicted octanol–water partition coefficient (Wildman–Crippen LogP) is 1.55. The van der Waals surface area contributed by atoms with Crippen molar-refractivity contribution in [2.75, 3.05) is 30.7 Å². The molecule has 0 saturated carbocycles. The van der Waals surface area contributed by atoms with Gasteiger partial charge in [0.1, 0.15) is 0 Å². The van der Waals surface area contributed by atoms with E-state index >= 15 is 0 Å². The quantitative estimate of drug-likeness (QED) is 0.579. The van der Waals surface area contributed by atoms with Crippen LogP contribution in [0, 0.1) is 0 Å². The molecule has 134 valence electrons. The van der Waals surface area contributed by atoms with Crippen molar-refractivity contribution < 1.29 is 4.79 Å². The van der Waals surface area contributed by atoms with Crippen LogP contribution in [-0.4, -0.2) is 56.4 Å². The number of H-pyrrole nitrogens is 1. The lowest BCUT2D eigenvalue weighted by Gasteiger charge is -2.31. The number of nitrogens with zero attached hydrogens (tertiary/aromatic N) is 4. The average Bonchev–Trinajstić information content (AvgIpc) is 3.02. The van der Waals surface area contributed by atoms with Gasteiger partial charge < -0.3 is 4.98 Å². The van der Waals surface area contributed by atoms with E-state index in [1.807, 2.05) is 6.92 Å². The molecule has 10 heteroatoms. The second-order valence-electron chi connectivity index (χ2n) is 5.76. The molecule has 0 spiro atoms. The smallest absolute Gasteiger partial charge is 0.250 e. The van der Waals surface area contributed by atoms with Crippen molar-refractivity contribution in [3.05, 3.63) is 28.4 Å². The molecule has 3 rings (SSSR count). The molecule has 8 nitrogen and oxygen atoms in total. The largest absolute Gasteiger partial charge is 0.313 e. The molecular weight excluding hydrogens is 360 g/mol. The summed E-state index contributed by atoms with van der Waals surface area (Å²) in [4.78, 5) is 32.6. The Morgan fingerprint density at radius 1 is 1.52 bits per heavy atom. The fourth-order valence-electron chi connectivity index (χ4n) is 2.85. The van der Waals surface area contributed by atoms with E-state index < -0.39 is 0 Å². The Bertz CT molecular complexity index is 777. The van der Waals surface area contributed by atoms with Gasteiger partial charge in [0.05, 0.1) is 18.6 Å². The molecule has 1 aliphatic heterocycles. The highest BCUT2D eigenvalue weighted by Crippen LogP contribution is 2.26. The Balaban J connectivity index is 1.54. The second kappa shape index (κ2) is 8.54. The van der Waals surface area contributed by atoms with Crippen LogP contribution < -0.4 is 10.9 Å². The highest BCUT2D eigenvalue weighted by atomic mass is 32.2. The van der Waals surface area contributed by atoms with Crippen LogP contribution in [0.15, 0.2) is 21.5 Å². The van der Waals surface area contributed by atoms with E-state index in [1.54, 1.807) is 17.8 Å². The summed E-state index contributed by atoms with van der Waals surface area (Å²) in [6, 6.07) is 1.54.